The highest BCUT2D eigenvalue weighted by atomic mass is 32.2. The minimum absolute atomic E-state index is 0.00745. The maximum atomic E-state index is 13.2. The predicted octanol–water partition coefficient (Wildman–Crippen LogP) is 4.03. The quantitative estimate of drug-likeness (QED) is 0.470. The smallest absolute Gasteiger partial charge is 0.238 e. The Morgan fingerprint density at radius 3 is 2.52 bits per heavy atom. The number of carbonyl (C=O) groups excluding carboxylic acids is 1. The van der Waals surface area contributed by atoms with Crippen molar-refractivity contribution >= 4 is 27.3 Å². The molecule has 1 aromatic heterocycles. The molecule has 0 aliphatic carbocycles. The summed E-state index contributed by atoms with van der Waals surface area (Å²) in [6, 6.07) is 9.78. The average molecular weight is 439 g/mol. The van der Waals surface area contributed by atoms with Gasteiger partial charge in [-0.1, -0.05) is 37.6 Å². The van der Waals surface area contributed by atoms with Gasteiger partial charge in [0.05, 0.1) is 18.8 Å². The van der Waals surface area contributed by atoms with Crippen LogP contribution < -0.4 is 0 Å². The molecule has 29 heavy (non-hydrogen) atoms. The fourth-order valence-electron chi connectivity index (χ4n) is 2.76. The number of sulfonamides is 1. The van der Waals surface area contributed by atoms with Crippen molar-refractivity contribution in [3.63, 3.8) is 0 Å². The monoisotopic (exact) mass is 438 g/mol. The summed E-state index contributed by atoms with van der Waals surface area (Å²) in [5, 5.41) is 1.93. The number of carbonyl (C=O) groups is 1. The Balaban J connectivity index is 2.19. The maximum absolute atomic E-state index is 13.2. The van der Waals surface area contributed by atoms with E-state index in [4.69, 9.17) is 0 Å². The zero-order valence-corrected chi connectivity index (χ0v) is 18.2. The standard InChI is InChI=1S/C21H27FN2O3S2/c1-3-5-14-29(26,27)24(12-4-2)17-21(25)23(16-20-7-6-13-28-20)15-18-8-10-19(22)11-9-18/h4,6-11,13H,2-3,5,12,14-17H2,1H3. The van der Waals surface area contributed by atoms with Crippen LogP contribution in [0, 0.1) is 5.82 Å². The van der Waals surface area contributed by atoms with E-state index in [-0.39, 0.29) is 37.1 Å². The second kappa shape index (κ2) is 11.2. The fourth-order valence-corrected chi connectivity index (χ4v) is 5.03. The first kappa shape index (κ1) is 23.3. The van der Waals surface area contributed by atoms with E-state index in [1.165, 1.54) is 33.9 Å². The van der Waals surface area contributed by atoms with Crippen LogP contribution in [0.2, 0.25) is 0 Å². The van der Waals surface area contributed by atoms with Crippen LogP contribution in [0.25, 0.3) is 0 Å². The third-order valence-electron chi connectivity index (χ3n) is 4.36. The van der Waals surface area contributed by atoms with Gasteiger partial charge in [-0.15, -0.1) is 17.9 Å². The molecule has 0 N–H and O–H groups in total. The number of hydrogen-bond donors (Lipinski definition) is 0. The summed E-state index contributed by atoms with van der Waals surface area (Å²) in [4.78, 5) is 15.7. The van der Waals surface area contributed by atoms with E-state index in [1.807, 2.05) is 24.4 Å². The molecule has 0 atom stereocenters. The molecule has 0 spiro atoms. The third kappa shape index (κ3) is 7.38. The van der Waals surface area contributed by atoms with Crippen molar-refractivity contribution in [3.8, 4) is 0 Å². The van der Waals surface area contributed by atoms with Crippen molar-refractivity contribution in [1.82, 2.24) is 9.21 Å². The Morgan fingerprint density at radius 2 is 1.93 bits per heavy atom. The van der Waals surface area contributed by atoms with E-state index in [0.29, 0.717) is 13.0 Å². The lowest BCUT2D eigenvalue weighted by Gasteiger charge is -2.26. The van der Waals surface area contributed by atoms with Gasteiger partial charge in [-0.25, -0.2) is 12.8 Å². The zero-order valence-electron chi connectivity index (χ0n) is 16.6. The summed E-state index contributed by atoms with van der Waals surface area (Å²) in [6.07, 6.45) is 2.78. The fraction of sp³-hybridized carbons (Fsp3) is 0.381. The van der Waals surface area contributed by atoms with Gasteiger partial charge in [0, 0.05) is 18.0 Å². The highest BCUT2D eigenvalue weighted by Crippen LogP contribution is 2.16. The number of nitrogens with zero attached hydrogens (tertiary/aromatic N) is 2. The largest absolute Gasteiger partial charge is 0.332 e. The molecule has 0 aliphatic rings. The van der Waals surface area contributed by atoms with E-state index in [9.17, 15) is 17.6 Å². The summed E-state index contributed by atoms with van der Waals surface area (Å²) in [5.41, 5.74) is 0.778. The maximum Gasteiger partial charge on any atom is 0.238 e. The molecule has 1 heterocycles. The average Bonchev–Trinajstić information content (AvgIpc) is 3.20. The lowest BCUT2D eigenvalue weighted by Crippen LogP contribution is -2.43. The highest BCUT2D eigenvalue weighted by Gasteiger charge is 2.26. The van der Waals surface area contributed by atoms with Crippen molar-refractivity contribution in [1.29, 1.82) is 0 Å². The highest BCUT2D eigenvalue weighted by molar-refractivity contribution is 7.89. The molecule has 0 saturated heterocycles. The van der Waals surface area contributed by atoms with Gasteiger partial charge in [-0.2, -0.15) is 4.31 Å². The van der Waals surface area contributed by atoms with Crippen LogP contribution in [0.15, 0.2) is 54.4 Å². The Labute approximate surface area is 176 Å². The molecule has 0 bridgehead atoms. The van der Waals surface area contributed by atoms with E-state index in [0.717, 1.165) is 16.9 Å². The second-order valence-electron chi connectivity index (χ2n) is 6.71. The first-order valence-corrected chi connectivity index (χ1v) is 12.0. The van der Waals surface area contributed by atoms with Crippen LogP contribution in [0.4, 0.5) is 4.39 Å². The molecule has 1 aromatic carbocycles. The van der Waals surface area contributed by atoms with Crippen LogP contribution >= 0.6 is 11.3 Å². The van der Waals surface area contributed by atoms with E-state index < -0.39 is 10.0 Å². The Kier molecular flexibility index (Phi) is 9.00. The molecule has 0 unspecified atom stereocenters. The van der Waals surface area contributed by atoms with Gasteiger partial charge in [-0.05, 0) is 35.6 Å². The molecular formula is C21H27FN2O3S2. The summed E-state index contributed by atoms with van der Waals surface area (Å²) < 4.78 is 39.6. The predicted molar refractivity (Wildman–Crippen MR) is 115 cm³/mol. The van der Waals surface area contributed by atoms with Crippen molar-refractivity contribution < 1.29 is 17.6 Å². The molecule has 2 aromatic rings. The Bertz CT molecular complexity index is 881. The second-order valence-corrected chi connectivity index (χ2v) is 9.83. The normalized spacial score (nSPS) is 11.6. The molecular weight excluding hydrogens is 411 g/mol. The van der Waals surface area contributed by atoms with Crippen molar-refractivity contribution in [2.24, 2.45) is 0 Å². The lowest BCUT2D eigenvalue weighted by molar-refractivity contribution is -0.132. The lowest BCUT2D eigenvalue weighted by atomic mass is 10.2. The van der Waals surface area contributed by atoms with E-state index in [2.05, 4.69) is 6.58 Å². The summed E-state index contributed by atoms with van der Waals surface area (Å²) in [5.74, 6) is -0.637. The first-order valence-electron chi connectivity index (χ1n) is 9.49. The zero-order chi connectivity index (χ0) is 21.3. The molecule has 1 amide bonds. The van der Waals surface area contributed by atoms with Crippen LogP contribution in [0.3, 0.4) is 0 Å². The van der Waals surface area contributed by atoms with Crippen LogP contribution in [-0.2, 0) is 27.9 Å². The van der Waals surface area contributed by atoms with E-state index >= 15 is 0 Å². The van der Waals surface area contributed by atoms with Gasteiger partial charge in [0.25, 0.3) is 0 Å². The molecule has 2 rings (SSSR count). The molecule has 8 heteroatoms. The topological polar surface area (TPSA) is 57.7 Å². The first-order chi connectivity index (χ1) is 13.9. The van der Waals surface area contributed by atoms with Gasteiger partial charge in [0.2, 0.25) is 15.9 Å². The summed E-state index contributed by atoms with van der Waals surface area (Å²) in [6.45, 7) is 6.02. The van der Waals surface area contributed by atoms with Crippen LogP contribution in [0.5, 0.6) is 0 Å². The van der Waals surface area contributed by atoms with Crippen molar-refractivity contribution in [2.45, 2.75) is 32.9 Å². The number of amides is 1. The van der Waals surface area contributed by atoms with Gasteiger partial charge in [-0.3, -0.25) is 4.79 Å². The SMILES string of the molecule is C=CCN(CC(=O)N(Cc1ccc(F)cc1)Cc1cccs1)S(=O)(=O)CCCC. The van der Waals surface area contributed by atoms with E-state index in [1.54, 1.807) is 17.0 Å². The minimum atomic E-state index is -3.55. The summed E-state index contributed by atoms with van der Waals surface area (Å²) >= 11 is 1.53. The van der Waals surface area contributed by atoms with Gasteiger partial charge < -0.3 is 4.90 Å². The van der Waals surface area contributed by atoms with Crippen molar-refractivity contribution in [2.75, 3.05) is 18.8 Å². The summed E-state index contributed by atoms with van der Waals surface area (Å²) in [7, 11) is -3.55. The van der Waals surface area contributed by atoms with Crippen LogP contribution in [0.1, 0.15) is 30.2 Å². The van der Waals surface area contributed by atoms with Crippen LogP contribution in [-0.4, -0.2) is 42.4 Å². The molecule has 0 radical (unpaired) electrons. The molecule has 0 aliphatic heterocycles. The van der Waals surface area contributed by atoms with Gasteiger partial charge >= 0.3 is 0 Å². The Morgan fingerprint density at radius 1 is 1.21 bits per heavy atom. The number of rotatable bonds is 12. The van der Waals surface area contributed by atoms with Crippen molar-refractivity contribution in [3.05, 3.63) is 70.7 Å². The van der Waals surface area contributed by atoms with Gasteiger partial charge in [0.1, 0.15) is 5.82 Å². The number of halogens is 1. The van der Waals surface area contributed by atoms with Gasteiger partial charge in [0.15, 0.2) is 0 Å². The number of benzene rings is 1. The minimum Gasteiger partial charge on any atom is -0.332 e. The number of thiophene rings is 1. The molecule has 0 fully saturated rings. The number of hydrogen-bond acceptors (Lipinski definition) is 4. The molecule has 5 nitrogen and oxygen atoms in total. The molecule has 0 saturated carbocycles. The number of unbranched alkanes of at least 4 members (excludes halogenated alkanes) is 1. The molecule has 158 valence electrons. The third-order valence-corrected chi connectivity index (χ3v) is 7.09. The Hall–Kier alpha value is -2.03.